The summed E-state index contributed by atoms with van der Waals surface area (Å²) in [5.41, 5.74) is 2.62. The van der Waals surface area contributed by atoms with Gasteiger partial charge in [-0.15, -0.1) is 0 Å². The van der Waals surface area contributed by atoms with Gasteiger partial charge < -0.3 is 9.31 Å². The molecule has 1 aromatic carbocycles. The number of rotatable bonds is 4. The normalized spacial score (nSPS) is 17.5. The Kier molecular flexibility index (Phi) is 5.69. The lowest BCUT2D eigenvalue weighted by Gasteiger charge is -2.32. The molecule has 29 heavy (non-hydrogen) atoms. The lowest BCUT2D eigenvalue weighted by atomic mass is 9.76. The van der Waals surface area contributed by atoms with E-state index in [0.717, 1.165) is 17.4 Å². The molecule has 1 aliphatic rings. The van der Waals surface area contributed by atoms with Crippen molar-refractivity contribution in [2.45, 2.75) is 45.8 Å². The van der Waals surface area contributed by atoms with E-state index in [1.54, 1.807) is 30.5 Å². The number of nitrogens with zero attached hydrogens (tertiary/aromatic N) is 2. The largest absolute Gasteiger partial charge is 0.496 e. The molecule has 7 heteroatoms. The van der Waals surface area contributed by atoms with Crippen molar-refractivity contribution in [2.75, 3.05) is 0 Å². The Morgan fingerprint density at radius 3 is 2.38 bits per heavy atom. The zero-order valence-corrected chi connectivity index (χ0v) is 17.9. The van der Waals surface area contributed by atoms with Gasteiger partial charge in [0, 0.05) is 22.2 Å². The highest BCUT2D eigenvalue weighted by Gasteiger charge is 2.52. The zero-order valence-electron chi connectivity index (χ0n) is 17.1. The molecule has 0 N–H and O–H groups in total. The van der Waals surface area contributed by atoms with Gasteiger partial charge in [0.15, 0.2) is 0 Å². The van der Waals surface area contributed by atoms with E-state index in [2.05, 4.69) is 11.1 Å². The fourth-order valence-electron chi connectivity index (χ4n) is 3.05. The average Bonchev–Trinajstić information content (AvgIpc) is 2.88. The van der Waals surface area contributed by atoms with Gasteiger partial charge in [0.25, 0.3) is 0 Å². The van der Waals surface area contributed by atoms with E-state index < -0.39 is 18.3 Å². The summed E-state index contributed by atoms with van der Waals surface area (Å²) in [6, 6.07) is 7.42. The molecule has 0 aliphatic carbocycles. The summed E-state index contributed by atoms with van der Waals surface area (Å²) in [4.78, 5) is 15.4. The number of benzene rings is 1. The van der Waals surface area contributed by atoms with Crippen molar-refractivity contribution in [1.82, 2.24) is 4.98 Å². The van der Waals surface area contributed by atoms with Gasteiger partial charge in [-0.3, -0.25) is 9.78 Å². The molecule has 5 nitrogen and oxygen atoms in total. The second kappa shape index (κ2) is 7.76. The van der Waals surface area contributed by atoms with Crippen LogP contribution in [0.15, 0.2) is 24.4 Å². The summed E-state index contributed by atoms with van der Waals surface area (Å²) in [7, 11) is -0.650. The lowest BCUT2D eigenvalue weighted by molar-refractivity contribution is 0.00578. The van der Waals surface area contributed by atoms with E-state index in [-0.39, 0.29) is 0 Å². The van der Waals surface area contributed by atoms with Gasteiger partial charge in [0.1, 0.15) is 12.4 Å². The van der Waals surface area contributed by atoms with Crippen LogP contribution in [0.5, 0.6) is 0 Å². The molecular weight excluding hydrogens is 387 g/mol. The SMILES string of the molecule is Cc1cc(/C=C/c2nccc(B3OC(C)(C)C(C)(C)O3)c2C#N)c(Cl)cc1C=O. The van der Waals surface area contributed by atoms with Gasteiger partial charge in [-0.05, 0) is 70.0 Å². The van der Waals surface area contributed by atoms with E-state index in [9.17, 15) is 10.1 Å². The Labute approximate surface area is 176 Å². The fraction of sp³-hybridized carbons (Fsp3) is 0.318. The number of halogens is 1. The quantitative estimate of drug-likeness (QED) is 0.560. The molecule has 1 saturated heterocycles. The molecule has 0 bridgehead atoms. The Morgan fingerprint density at radius 2 is 1.79 bits per heavy atom. The highest BCUT2D eigenvalue weighted by molar-refractivity contribution is 6.63. The number of hydrogen-bond donors (Lipinski definition) is 0. The van der Waals surface area contributed by atoms with Crippen molar-refractivity contribution in [3.05, 3.63) is 57.4 Å². The van der Waals surface area contributed by atoms with E-state index >= 15 is 0 Å². The highest BCUT2D eigenvalue weighted by atomic mass is 35.5. The molecule has 1 fully saturated rings. The lowest BCUT2D eigenvalue weighted by Crippen LogP contribution is -2.41. The first-order valence-corrected chi connectivity index (χ1v) is 9.65. The van der Waals surface area contributed by atoms with E-state index in [1.807, 2.05) is 40.7 Å². The van der Waals surface area contributed by atoms with Crippen molar-refractivity contribution >= 4 is 42.6 Å². The van der Waals surface area contributed by atoms with Crippen molar-refractivity contribution in [2.24, 2.45) is 0 Å². The second-order valence-electron chi connectivity index (χ2n) is 8.04. The standard InChI is InChI=1S/C22H22BClN2O3/c1-14-10-15(19(24)11-16(14)13-27)6-7-20-17(12-25)18(8-9-26-20)23-28-21(2,3)22(4,5)29-23/h6-11,13H,1-5H3/b7-6+. The Morgan fingerprint density at radius 1 is 1.14 bits per heavy atom. The summed E-state index contributed by atoms with van der Waals surface area (Å²) in [5.74, 6) is 0. The third kappa shape index (κ3) is 3.99. The maximum Gasteiger partial charge on any atom is 0.496 e. The maximum absolute atomic E-state index is 11.1. The molecule has 0 unspecified atom stereocenters. The van der Waals surface area contributed by atoms with E-state index in [4.69, 9.17) is 20.9 Å². The van der Waals surface area contributed by atoms with Crippen LogP contribution in [-0.4, -0.2) is 29.6 Å². The van der Waals surface area contributed by atoms with Gasteiger partial charge >= 0.3 is 7.12 Å². The molecule has 1 aliphatic heterocycles. The van der Waals surface area contributed by atoms with Crippen LogP contribution in [0.4, 0.5) is 0 Å². The van der Waals surface area contributed by atoms with Crippen LogP contribution in [0.1, 0.15) is 60.4 Å². The monoisotopic (exact) mass is 408 g/mol. The minimum Gasteiger partial charge on any atom is -0.399 e. The van der Waals surface area contributed by atoms with E-state index in [1.165, 1.54) is 0 Å². The third-order valence-corrected chi connectivity index (χ3v) is 5.89. The molecule has 0 spiro atoms. The molecule has 3 rings (SSSR count). The Balaban J connectivity index is 1.98. The van der Waals surface area contributed by atoms with Crippen molar-refractivity contribution < 1.29 is 14.1 Å². The van der Waals surface area contributed by atoms with E-state index in [0.29, 0.717) is 27.3 Å². The molecule has 0 saturated carbocycles. The van der Waals surface area contributed by atoms with Crippen LogP contribution in [-0.2, 0) is 9.31 Å². The van der Waals surface area contributed by atoms with Gasteiger partial charge in [-0.2, -0.15) is 5.26 Å². The number of nitriles is 1. The third-order valence-electron chi connectivity index (χ3n) is 5.56. The molecule has 0 radical (unpaired) electrons. The smallest absolute Gasteiger partial charge is 0.399 e. The van der Waals surface area contributed by atoms with Crippen LogP contribution >= 0.6 is 11.6 Å². The van der Waals surface area contributed by atoms with Gasteiger partial charge in [-0.25, -0.2) is 0 Å². The van der Waals surface area contributed by atoms with Crippen LogP contribution in [0.25, 0.3) is 12.2 Å². The number of hydrogen-bond acceptors (Lipinski definition) is 5. The van der Waals surface area contributed by atoms with Gasteiger partial charge in [0.05, 0.1) is 22.5 Å². The van der Waals surface area contributed by atoms with Crippen LogP contribution in [0, 0.1) is 18.3 Å². The first-order chi connectivity index (χ1) is 13.6. The van der Waals surface area contributed by atoms with Crippen molar-refractivity contribution in [3.8, 4) is 6.07 Å². The molecule has 0 atom stereocenters. The zero-order chi connectivity index (χ0) is 21.4. The van der Waals surface area contributed by atoms with Gasteiger partial charge in [-0.1, -0.05) is 17.7 Å². The summed E-state index contributed by atoms with van der Waals surface area (Å²) < 4.78 is 12.2. The average molecular weight is 409 g/mol. The molecule has 1 aromatic heterocycles. The summed E-state index contributed by atoms with van der Waals surface area (Å²) in [6.07, 6.45) is 5.91. The fourth-order valence-corrected chi connectivity index (χ4v) is 3.29. The molecular formula is C22H22BClN2O3. The topological polar surface area (TPSA) is 72.2 Å². The number of pyridine rings is 1. The van der Waals surface area contributed by atoms with Crippen LogP contribution < -0.4 is 5.46 Å². The molecule has 148 valence electrons. The minimum atomic E-state index is -0.650. The highest BCUT2D eigenvalue weighted by Crippen LogP contribution is 2.36. The number of aldehydes is 1. The van der Waals surface area contributed by atoms with Gasteiger partial charge in [0.2, 0.25) is 0 Å². The molecule has 2 heterocycles. The first-order valence-electron chi connectivity index (χ1n) is 9.27. The Bertz CT molecular complexity index is 1030. The summed E-state index contributed by atoms with van der Waals surface area (Å²) in [5, 5.41) is 10.2. The number of aryl methyl sites for hydroxylation is 1. The second-order valence-corrected chi connectivity index (χ2v) is 8.45. The number of aromatic nitrogens is 1. The number of carbonyl (C=O) groups excluding carboxylic acids is 1. The van der Waals surface area contributed by atoms with Crippen LogP contribution in [0.3, 0.4) is 0 Å². The van der Waals surface area contributed by atoms with Crippen molar-refractivity contribution in [1.29, 1.82) is 5.26 Å². The molecule has 0 amide bonds. The summed E-state index contributed by atoms with van der Waals surface area (Å²) >= 11 is 6.28. The predicted octanol–water partition coefficient (Wildman–Crippen LogP) is 4.20. The Hall–Kier alpha value is -2.46. The first kappa shape index (κ1) is 21.3. The summed E-state index contributed by atoms with van der Waals surface area (Å²) in [6.45, 7) is 9.71. The predicted molar refractivity (Wildman–Crippen MR) is 115 cm³/mol. The minimum absolute atomic E-state index is 0.389. The van der Waals surface area contributed by atoms with Crippen LogP contribution in [0.2, 0.25) is 5.02 Å². The maximum atomic E-state index is 11.1. The van der Waals surface area contributed by atoms with Crippen molar-refractivity contribution in [3.63, 3.8) is 0 Å². The molecule has 2 aromatic rings. The number of carbonyl (C=O) groups is 1.